The van der Waals surface area contributed by atoms with Crippen molar-refractivity contribution in [3.8, 4) is 5.75 Å². The first-order valence-electron chi connectivity index (χ1n) is 14.5. The van der Waals surface area contributed by atoms with E-state index in [4.69, 9.17) is 14.5 Å². The average Bonchev–Trinajstić information content (AvgIpc) is 3.50. The quantitative estimate of drug-likeness (QED) is 0.181. The molecule has 0 saturated heterocycles. The summed E-state index contributed by atoms with van der Waals surface area (Å²) in [6.07, 6.45) is 3.92. The Morgan fingerprint density at radius 1 is 1.07 bits per heavy atom. The van der Waals surface area contributed by atoms with Crippen LogP contribution in [0.25, 0.3) is 17.0 Å². The van der Waals surface area contributed by atoms with Crippen molar-refractivity contribution in [3.05, 3.63) is 131 Å². The van der Waals surface area contributed by atoms with Gasteiger partial charge in [-0.1, -0.05) is 75.8 Å². The van der Waals surface area contributed by atoms with Gasteiger partial charge in [-0.15, -0.1) is 0 Å². The molecule has 3 aromatic carbocycles. The van der Waals surface area contributed by atoms with Crippen molar-refractivity contribution in [3.63, 3.8) is 0 Å². The van der Waals surface area contributed by atoms with Crippen molar-refractivity contribution in [2.75, 3.05) is 6.61 Å². The molecule has 1 aliphatic heterocycles. The van der Waals surface area contributed by atoms with Crippen LogP contribution in [0.15, 0.2) is 105 Å². The predicted molar refractivity (Wildman–Crippen MR) is 178 cm³/mol. The van der Waals surface area contributed by atoms with Gasteiger partial charge in [0.05, 0.1) is 28.5 Å². The van der Waals surface area contributed by atoms with Crippen LogP contribution < -0.4 is 19.6 Å². The van der Waals surface area contributed by atoms with Crippen molar-refractivity contribution < 1.29 is 14.3 Å². The summed E-state index contributed by atoms with van der Waals surface area (Å²) in [7, 11) is 0. The lowest BCUT2D eigenvalue weighted by molar-refractivity contribution is -0.139. The molecule has 224 valence electrons. The number of fused-ring (bicyclic) bond motifs is 2. The number of carbonyl (C=O) groups is 1. The number of thiazole rings is 1. The topological polar surface area (TPSA) is 74.8 Å². The molecule has 0 saturated carbocycles. The summed E-state index contributed by atoms with van der Waals surface area (Å²) < 4.78 is 17.0. The highest BCUT2D eigenvalue weighted by atomic mass is 79.9. The maximum atomic E-state index is 14.3. The van der Waals surface area contributed by atoms with Crippen LogP contribution >= 0.6 is 27.3 Å². The minimum absolute atomic E-state index is 0.0992. The molecule has 0 unspecified atom stereocenters. The second-order valence-corrected chi connectivity index (χ2v) is 12.8. The van der Waals surface area contributed by atoms with Crippen LogP contribution in [0.4, 0.5) is 0 Å². The lowest BCUT2D eigenvalue weighted by Gasteiger charge is -2.26. The molecule has 7 nitrogen and oxygen atoms in total. The van der Waals surface area contributed by atoms with Gasteiger partial charge in [0.25, 0.3) is 5.56 Å². The van der Waals surface area contributed by atoms with Crippen LogP contribution in [0, 0.1) is 0 Å². The van der Waals surface area contributed by atoms with E-state index >= 15 is 0 Å². The van der Waals surface area contributed by atoms with Gasteiger partial charge >= 0.3 is 5.97 Å². The van der Waals surface area contributed by atoms with Crippen molar-refractivity contribution >= 4 is 50.2 Å². The molecule has 44 heavy (non-hydrogen) atoms. The highest BCUT2D eigenvalue weighted by Crippen LogP contribution is 2.36. The third-order valence-corrected chi connectivity index (χ3v) is 8.98. The van der Waals surface area contributed by atoms with Gasteiger partial charge in [0.2, 0.25) is 0 Å². The van der Waals surface area contributed by atoms with Gasteiger partial charge in [-0.3, -0.25) is 9.36 Å². The summed E-state index contributed by atoms with van der Waals surface area (Å²) >= 11 is 4.83. The number of rotatable bonds is 8. The van der Waals surface area contributed by atoms with Gasteiger partial charge in [0, 0.05) is 39.2 Å². The lowest BCUT2D eigenvalue weighted by atomic mass is 9.95. The number of ether oxygens (including phenoxy) is 2. The van der Waals surface area contributed by atoms with Gasteiger partial charge in [0.1, 0.15) is 11.8 Å². The molecule has 0 radical (unpaired) electrons. The van der Waals surface area contributed by atoms with E-state index in [1.807, 2.05) is 68.5 Å². The van der Waals surface area contributed by atoms with Gasteiger partial charge in [0.15, 0.2) is 4.80 Å². The molecule has 1 aliphatic rings. The van der Waals surface area contributed by atoms with Gasteiger partial charge in [-0.05, 0) is 63.6 Å². The Labute approximate surface area is 267 Å². The zero-order chi connectivity index (χ0) is 31.0. The van der Waals surface area contributed by atoms with E-state index in [-0.39, 0.29) is 18.3 Å². The minimum Gasteiger partial charge on any atom is -0.491 e. The maximum Gasteiger partial charge on any atom is 0.338 e. The van der Waals surface area contributed by atoms with E-state index in [2.05, 4.69) is 51.0 Å². The summed E-state index contributed by atoms with van der Waals surface area (Å²) in [4.78, 5) is 32.9. The van der Waals surface area contributed by atoms with Crippen LogP contribution in [-0.4, -0.2) is 27.8 Å². The van der Waals surface area contributed by atoms with E-state index < -0.39 is 12.0 Å². The number of para-hydroxylation sites is 2. The number of allylic oxidation sites excluding steroid dienone is 1. The molecule has 0 amide bonds. The first-order valence-corrected chi connectivity index (χ1v) is 16.1. The Kier molecular flexibility index (Phi) is 8.42. The average molecular weight is 671 g/mol. The van der Waals surface area contributed by atoms with Crippen molar-refractivity contribution in [2.45, 2.75) is 46.4 Å². The molecule has 6 rings (SSSR count). The summed E-state index contributed by atoms with van der Waals surface area (Å²) in [5.74, 6) is 0.109. The number of halogens is 1. The molecular weight excluding hydrogens is 638 g/mol. The van der Waals surface area contributed by atoms with Crippen molar-refractivity contribution in [1.29, 1.82) is 0 Å². The van der Waals surface area contributed by atoms with E-state index in [9.17, 15) is 9.59 Å². The molecule has 0 bridgehead atoms. The normalized spacial score (nSPS) is 15.0. The fraction of sp³-hybridized carbons (Fsp3) is 0.229. The molecule has 1 atom stereocenters. The number of carbonyl (C=O) groups excluding carboxylic acids is 1. The zero-order valence-corrected chi connectivity index (χ0v) is 27.3. The third kappa shape index (κ3) is 5.69. The molecule has 5 aromatic rings. The minimum atomic E-state index is -0.749. The summed E-state index contributed by atoms with van der Waals surface area (Å²) in [5, 5.41) is 1.05. The summed E-state index contributed by atoms with van der Waals surface area (Å²) in [6, 6.07) is 23.2. The number of benzene rings is 3. The molecule has 0 aliphatic carbocycles. The summed E-state index contributed by atoms with van der Waals surface area (Å²) in [5.41, 5.74) is 4.51. The van der Waals surface area contributed by atoms with Gasteiger partial charge < -0.3 is 14.0 Å². The van der Waals surface area contributed by atoms with Gasteiger partial charge in [-0.25, -0.2) is 9.79 Å². The Balaban J connectivity index is 1.53. The highest BCUT2D eigenvalue weighted by molar-refractivity contribution is 9.10. The standard InChI is InChI=1S/C35H32BrN3O4S/c1-5-42-34(41)31-22(4)37-35-39(32(31)27-11-7-9-13-29(27)43-21(2)3)33(40)30(44-35)18-24-20-38(28-12-8-6-10-26(24)28)19-23-14-16-25(36)17-15-23/h6-18,20-21,32H,5,19H2,1-4H3/b30-18-/t32-/m1/s1. The van der Waals surface area contributed by atoms with E-state index in [1.165, 1.54) is 16.9 Å². The molecule has 2 aromatic heterocycles. The Morgan fingerprint density at radius 3 is 2.55 bits per heavy atom. The number of esters is 1. The molecular formula is C35H32BrN3O4S. The Bertz CT molecular complexity index is 2090. The van der Waals surface area contributed by atoms with Crippen molar-refractivity contribution in [2.24, 2.45) is 4.99 Å². The molecule has 3 heterocycles. The van der Waals surface area contributed by atoms with Crippen LogP contribution in [0.2, 0.25) is 0 Å². The number of aromatic nitrogens is 2. The Morgan fingerprint density at radius 2 is 1.80 bits per heavy atom. The molecule has 9 heteroatoms. The third-order valence-electron chi connectivity index (χ3n) is 7.47. The van der Waals surface area contributed by atoms with Crippen molar-refractivity contribution in [1.82, 2.24) is 9.13 Å². The fourth-order valence-corrected chi connectivity index (χ4v) is 6.90. The first-order chi connectivity index (χ1) is 21.2. The smallest absolute Gasteiger partial charge is 0.338 e. The molecule has 0 spiro atoms. The fourth-order valence-electron chi connectivity index (χ4n) is 5.60. The maximum absolute atomic E-state index is 14.3. The number of hydrogen-bond donors (Lipinski definition) is 0. The largest absolute Gasteiger partial charge is 0.491 e. The predicted octanol–water partition coefficient (Wildman–Crippen LogP) is 6.35. The second kappa shape index (κ2) is 12.4. The zero-order valence-electron chi connectivity index (χ0n) is 24.9. The van der Waals surface area contributed by atoms with Gasteiger partial charge in [-0.2, -0.15) is 0 Å². The number of hydrogen-bond acceptors (Lipinski definition) is 6. The first kappa shape index (κ1) is 29.8. The van der Waals surface area contributed by atoms with E-state index in [1.54, 1.807) is 18.4 Å². The summed E-state index contributed by atoms with van der Waals surface area (Å²) in [6.45, 7) is 8.35. The monoisotopic (exact) mass is 669 g/mol. The van der Waals surface area contributed by atoms with E-state index in [0.717, 1.165) is 20.9 Å². The van der Waals surface area contributed by atoms with Crippen LogP contribution in [0.1, 0.15) is 50.4 Å². The molecule has 0 N–H and O–H groups in total. The van der Waals surface area contributed by atoms with Crippen LogP contribution in [0.5, 0.6) is 5.75 Å². The number of nitrogens with zero attached hydrogens (tertiary/aromatic N) is 3. The van der Waals surface area contributed by atoms with Crippen LogP contribution in [-0.2, 0) is 16.1 Å². The SMILES string of the molecule is CCOC(=O)C1=C(C)N=c2s/c(=C\c3cn(Cc4ccc(Br)cc4)c4ccccc34)c(=O)n2[C@@H]1c1ccccc1OC(C)C. The van der Waals surface area contributed by atoms with Crippen LogP contribution in [0.3, 0.4) is 0 Å². The highest BCUT2D eigenvalue weighted by Gasteiger charge is 2.35. The second-order valence-electron chi connectivity index (χ2n) is 10.9. The Hall–Kier alpha value is -4.21. The lowest BCUT2D eigenvalue weighted by Crippen LogP contribution is -2.40. The molecule has 0 fully saturated rings. The van der Waals surface area contributed by atoms with E-state index in [0.29, 0.717) is 38.5 Å².